The van der Waals surface area contributed by atoms with Gasteiger partial charge in [0.25, 0.3) is 0 Å². The van der Waals surface area contributed by atoms with Crippen LogP contribution in [0.4, 0.5) is 0 Å². The molecule has 0 saturated carbocycles. The van der Waals surface area contributed by atoms with Crippen LogP contribution in [0.15, 0.2) is 54.6 Å². The number of ether oxygens (including phenoxy) is 2. The fourth-order valence-corrected chi connectivity index (χ4v) is 2.65. The molecule has 0 aromatic heterocycles. The minimum atomic E-state index is 0.616. The molecule has 0 heterocycles. The lowest BCUT2D eigenvalue weighted by atomic mass is 10.0. The molecule has 24 heavy (non-hydrogen) atoms. The Morgan fingerprint density at radius 1 is 0.667 bits per heavy atom. The van der Waals surface area contributed by atoms with Crippen molar-refractivity contribution < 1.29 is 9.47 Å². The molecule has 0 fully saturated rings. The predicted octanol–water partition coefficient (Wildman–Crippen LogP) is 4.41. The van der Waals surface area contributed by atoms with Gasteiger partial charge in [0.15, 0.2) is 0 Å². The first-order valence-corrected chi connectivity index (χ1v) is 8.90. The number of unbranched alkanes of at least 4 members (excludes halogenated alkanes) is 3. The largest absolute Gasteiger partial charge is 0.379 e. The zero-order chi connectivity index (χ0) is 16.9. The van der Waals surface area contributed by atoms with Crippen LogP contribution < -0.4 is 5.73 Å². The van der Waals surface area contributed by atoms with Crippen LogP contribution in [0.5, 0.6) is 0 Å². The molecule has 0 saturated heterocycles. The van der Waals surface area contributed by atoms with E-state index in [4.69, 9.17) is 15.2 Å². The van der Waals surface area contributed by atoms with Crippen LogP contribution >= 0.6 is 0 Å². The fraction of sp³-hybridized carbons (Fsp3) is 0.429. The monoisotopic (exact) mass is 327 g/mol. The smallest absolute Gasteiger partial charge is 0.0724 e. The Hall–Kier alpha value is -1.68. The molecule has 0 amide bonds. The molecule has 0 aliphatic carbocycles. The number of rotatable bonds is 12. The van der Waals surface area contributed by atoms with Crippen LogP contribution in [-0.2, 0) is 16.1 Å². The van der Waals surface area contributed by atoms with Crippen LogP contribution in [0.1, 0.15) is 31.2 Å². The first-order chi connectivity index (χ1) is 11.9. The molecular weight excluding hydrogens is 298 g/mol. The van der Waals surface area contributed by atoms with Gasteiger partial charge in [-0.3, -0.25) is 0 Å². The van der Waals surface area contributed by atoms with Gasteiger partial charge < -0.3 is 15.2 Å². The molecule has 0 aliphatic rings. The van der Waals surface area contributed by atoms with Gasteiger partial charge in [0, 0.05) is 6.61 Å². The van der Waals surface area contributed by atoms with E-state index < -0.39 is 0 Å². The summed E-state index contributed by atoms with van der Waals surface area (Å²) in [5.41, 5.74) is 9.15. The summed E-state index contributed by atoms with van der Waals surface area (Å²) in [6.45, 7) is 3.51. The summed E-state index contributed by atoms with van der Waals surface area (Å²) in [6.07, 6.45) is 4.62. The third-order valence-electron chi connectivity index (χ3n) is 3.97. The van der Waals surface area contributed by atoms with Crippen LogP contribution in [0.2, 0.25) is 0 Å². The molecular formula is C21H29NO2. The first kappa shape index (κ1) is 18.7. The zero-order valence-electron chi connectivity index (χ0n) is 14.5. The average Bonchev–Trinajstić information content (AvgIpc) is 2.64. The van der Waals surface area contributed by atoms with Crippen molar-refractivity contribution in [2.45, 2.75) is 32.3 Å². The lowest BCUT2D eigenvalue weighted by Gasteiger charge is -2.11. The Morgan fingerprint density at radius 3 is 2.21 bits per heavy atom. The molecule has 0 spiro atoms. The zero-order valence-corrected chi connectivity index (χ0v) is 14.5. The summed E-state index contributed by atoms with van der Waals surface area (Å²) >= 11 is 0. The molecule has 3 heteroatoms. The minimum absolute atomic E-state index is 0.616. The van der Waals surface area contributed by atoms with E-state index in [0.717, 1.165) is 26.0 Å². The molecule has 3 nitrogen and oxygen atoms in total. The highest BCUT2D eigenvalue weighted by Crippen LogP contribution is 2.23. The van der Waals surface area contributed by atoms with Crippen molar-refractivity contribution in [2.75, 3.05) is 26.4 Å². The fourth-order valence-electron chi connectivity index (χ4n) is 2.65. The molecule has 130 valence electrons. The van der Waals surface area contributed by atoms with Crippen LogP contribution in [-0.4, -0.2) is 26.4 Å². The van der Waals surface area contributed by atoms with E-state index in [1.54, 1.807) is 0 Å². The van der Waals surface area contributed by atoms with Crippen LogP contribution in [0, 0.1) is 0 Å². The molecule has 2 rings (SSSR count). The van der Waals surface area contributed by atoms with Crippen molar-refractivity contribution in [1.29, 1.82) is 0 Å². The van der Waals surface area contributed by atoms with Crippen molar-refractivity contribution in [2.24, 2.45) is 5.73 Å². The quantitative estimate of drug-likeness (QED) is 0.587. The van der Waals surface area contributed by atoms with Crippen LogP contribution in [0.3, 0.4) is 0 Å². The highest BCUT2D eigenvalue weighted by Gasteiger charge is 2.04. The molecule has 0 aliphatic heterocycles. The highest BCUT2D eigenvalue weighted by atomic mass is 16.5. The van der Waals surface area contributed by atoms with Gasteiger partial charge in [0.1, 0.15) is 0 Å². The molecule has 0 radical (unpaired) electrons. The Kier molecular flexibility index (Phi) is 9.17. The van der Waals surface area contributed by atoms with E-state index in [1.807, 2.05) is 6.07 Å². The van der Waals surface area contributed by atoms with Crippen molar-refractivity contribution in [1.82, 2.24) is 0 Å². The van der Waals surface area contributed by atoms with Gasteiger partial charge in [-0.2, -0.15) is 0 Å². The number of benzene rings is 2. The Balaban J connectivity index is 1.65. The summed E-state index contributed by atoms with van der Waals surface area (Å²) in [5.74, 6) is 0. The predicted molar refractivity (Wildman–Crippen MR) is 99.9 cm³/mol. The van der Waals surface area contributed by atoms with Crippen molar-refractivity contribution in [3.05, 3.63) is 60.2 Å². The maximum Gasteiger partial charge on any atom is 0.0724 e. The molecule has 2 N–H and O–H groups in total. The first-order valence-electron chi connectivity index (χ1n) is 8.90. The Labute approximate surface area is 145 Å². The van der Waals surface area contributed by atoms with Gasteiger partial charge in [-0.05, 0) is 36.1 Å². The SMILES string of the molecule is NCCCCCCOCCOCc1ccccc1-c1ccccc1. The standard InChI is InChI=1S/C21H29NO2/c22-14-8-1-2-9-15-23-16-17-24-18-20-12-6-7-13-21(20)19-10-4-3-5-11-19/h3-7,10-13H,1-2,8-9,14-18,22H2. The van der Waals surface area contributed by atoms with Gasteiger partial charge in [0.2, 0.25) is 0 Å². The van der Waals surface area contributed by atoms with E-state index in [9.17, 15) is 0 Å². The number of hydrogen-bond acceptors (Lipinski definition) is 3. The summed E-state index contributed by atoms with van der Waals surface area (Å²) in [5, 5.41) is 0. The lowest BCUT2D eigenvalue weighted by Crippen LogP contribution is -2.06. The second-order valence-corrected chi connectivity index (χ2v) is 5.89. The second-order valence-electron chi connectivity index (χ2n) is 5.89. The molecule has 2 aromatic rings. The third-order valence-corrected chi connectivity index (χ3v) is 3.97. The summed E-state index contributed by atoms with van der Waals surface area (Å²) in [6, 6.07) is 18.8. The number of nitrogens with two attached hydrogens (primary N) is 1. The maximum absolute atomic E-state index is 5.79. The summed E-state index contributed by atoms with van der Waals surface area (Å²) in [7, 11) is 0. The maximum atomic E-state index is 5.79. The van der Waals surface area contributed by atoms with E-state index in [1.165, 1.54) is 29.5 Å². The van der Waals surface area contributed by atoms with Gasteiger partial charge in [-0.25, -0.2) is 0 Å². The minimum Gasteiger partial charge on any atom is -0.379 e. The van der Waals surface area contributed by atoms with Crippen molar-refractivity contribution >= 4 is 0 Å². The van der Waals surface area contributed by atoms with Crippen LogP contribution in [0.25, 0.3) is 11.1 Å². The van der Waals surface area contributed by atoms with Gasteiger partial charge in [0.05, 0.1) is 19.8 Å². The number of hydrogen-bond donors (Lipinski definition) is 1. The Morgan fingerprint density at radius 2 is 1.38 bits per heavy atom. The highest BCUT2D eigenvalue weighted by molar-refractivity contribution is 5.66. The topological polar surface area (TPSA) is 44.5 Å². The molecule has 0 atom stereocenters. The lowest BCUT2D eigenvalue weighted by molar-refractivity contribution is 0.0394. The van der Waals surface area contributed by atoms with Gasteiger partial charge in [-0.1, -0.05) is 67.4 Å². The van der Waals surface area contributed by atoms with E-state index >= 15 is 0 Å². The van der Waals surface area contributed by atoms with E-state index in [2.05, 4.69) is 48.5 Å². The van der Waals surface area contributed by atoms with Crippen molar-refractivity contribution in [3.63, 3.8) is 0 Å². The molecule has 0 bridgehead atoms. The normalized spacial score (nSPS) is 10.9. The Bertz CT molecular complexity index is 557. The average molecular weight is 327 g/mol. The van der Waals surface area contributed by atoms with Crippen molar-refractivity contribution in [3.8, 4) is 11.1 Å². The molecule has 0 unspecified atom stereocenters. The summed E-state index contributed by atoms with van der Waals surface area (Å²) < 4.78 is 11.4. The van der Waals surface area contributed by atoms with Gasteiger partial charge in [-0.15, -0.1) is 0 Å². The van der Waals surface area contributed by atoms with Gasteiger partial charge >= 0.3 is 0 Å². The van der Waals surface area contributed by atoms with E-state index in [0.29, 0.717) is 19.8 Å². The third kappa shape index (κ3) is 6.83. The van der Waals surface area contributed by atoms with E-state index in [-0.39, 0.29) is 0 Å². The second kappa shape index (κ2) is 11.8. The molecule has 2 aromatic carbocycles. The summed E-state index contributed by atoms with van der Waals surface area (Å²) in [4.78, 5) is 0.